The number of guanidine groups is 2. The molecular weight excluding hydrogens is 388 g/mol. The van der Waals surface area contributed by atoms with Crippen molar-refractivity contribution in [3.8, 4) is 5.75 Å². The highest BCUT2D eigenvalue weighted by atomic mass is 35.5. The Kier molecular flexibility index (Phi) is 5.49. The molecule has 2 heterocycles. The molecule has 1 atom stereocenters. The number of rotatable bonds is 4. The number of halogens is 1. The van der Waals surface area contributed by atoms with E-state index in [9.17, 15) is 0 Å². The van der Waals surface area contributed by atoms with Gasteiger partial charge in [0.05, 0.1) is 12.8 Å². The Labute approximate surface area is 175 Å². The van der Waals surface area contributed by atoms with Gasteiger partial charge in [0.25, 0.3) is 0 Å². The average molecular weight is 413 g/mol. The summed E-state index contributed by atoms with van der Waals surface area (Å²) >= 11 is 6.32. The Balaban J connectivity index is 1.74. The van der Waals surface area contributed by atoms with Crippen molar-refractivity contribution in [1.82, 2.24) is 4.90 Å². The lowest BCUT2D eigenvalue weighted by molar-refractivity contribution is 0.414. The van der Waals surface area contributed by atoms with E-state index in [0.29, 0.717) is 5.02 Å². The fourth-order valence-corrected chi connectivity index (χ4v) is 3.74. The van der Waals surface area contributed by atoms with Gasteiger partial charge in [-0.3, -0.25) is 4.90 Å². The van der Waals surface area contributed by atoms with E-state index in [0.717, 1.165) is 54.6 Å². The second-order valence-electron chi connectivity index (χ2n) is 7.15. The maximum absolute atomic E-state index is 6.32. The number of nitrogens with zero attached hydrogens (tertiary/aromatic N) is 4. The number of hydrogen-bond acceptors (Lipinski definition) is 7. The largest absolute Gasteiger partial charge is 0.497 e. The van der Waals surface area contributed by atoms with Gasteiger partial charge >= 0.3 is 0 Å². The zero-order valence-electron chi connectivity index (χ0n) is 16.6. The topological polar surface area (TPSA) is 78.5 Å². The Morgan fingerprint density at radius 3 is 2.69 bits per heavy atom. The molecule has 4 rings (SSSR count). The van der Waals surface area contributed by atoms with Crippen LogP contribution >= 0.6 is 11.6 Å². The molecule has 0 radical (unpaired) electrons. The summed E-state index contributed by atoms with van der Waals surface area (Å²) in [5.41, 5.74) is 8.90. The second-order valence-corrected chi connectivity index (χ2v) is 7.55. The fraction of sp³-hybridized carbons (Fsp3) is 0.333. The summed E-state index contributed by atoms with van der Waals surface area (Å²) < 4.78 is 5.43. The second kappa shape index (κ2) is 8.21. The number of hydrogen-bond donors (Lipinski definition) is 2. The molecule has 2 aromatic rings. The van der Waals surface area contributed by atoms with Gasteiger partial charge in [0, 0.05) is 29.9 Å². The number of ether oxygens (including phenoxy) is 1. The number of likely N-dealkylation sites (tertiary alicyclic amines) is 1. The maximum Gasteiger partial charge on any atom is 0.222 e. The fourth-order valence-electron chi connectivity index (χ4n) is 3.56. The van der Waals surface area contributed by atoms with Gasteiger partial charge in [-0.15, -0.1) is 0 Å². The lowest BCUT2D eigenvalue weighted by Gasteiger charge is -2.38. The van der Waals surface area contributed by atoms with Gasteiger partial charge in [0.15, 0.2) is 0 Å². The third-order valence-corrected chi connectivity index (χ3v) is 5.52. The van der Waals surface area contributed by atoms with E-state index in [4.69, 9.17) is 22.1 Å². The smallest absolute Gasteiger partial charge is 0.222 e. The Morgan fingerprint density at radius 2 is 1.97 bits per heavy atom. The van der Waals surface area contributed by atoms with Crippen LogP contribution < -0.4 is 20.7 Å². The Bertz CT molecular complexity index is 954. The molecular formula is C21H25ClN6O. The molecule has 3 N–H and O–H groups in total. The van der Waals surface area contributed by atoms with Crippen LogP contribution in [0.5, 0.6) is 5.75 Å². The molecule has 152 valence electrons. The molecule has 1 saturated heterocycles. The molecule has 0 spiro atoms. The predicted molar refractivity (Wildman–Crippen MR) is 119 cm³/mol. The highest BCUT2D eigenvalue weighted by Gasteiger charge is 2.32. The lowest BCUT2D eigenvalue weighted by Crippen LogP contribution is -2.54. The summed E-state index contributed by atoms with van der Waals surface area (Å²) in [6.07, 6.45) is 1.80. The van der Waals surface area contributed by atoms with E-state index >= 15 is 0 Å². The third-order valence-electron chi connectivity index (χ3n) is 5.12. The van der Waals surface area contributed by atoms with Crippen molar-refractivity contribution < 1.29 is 4.74 Å². The molecule has 1 unspecified atom stereocenters. The first-order chi connectivity index (χ1) is 14.0. The summed E-state index contributed by atoms with van der Waals surface area (Å²) in [6.45, 7) is 3.86. The first-order valence-electron chi connectivity index (χ1n) is 9.68. The number of anilines is 2. The standard InChI is InChI=1S/C21H25ClN6O/c1-14-8-9-15(12-18(14)22)24-20-25-19(23)26-21(27-10-3-4-11-27)28(20)16-6-5-7-17(13-16)29-2/h5-9,12-13,20,24H,3-4,10-11H2,1-2H3,(H2,23,25). The molecule has 0 aromatic heterocycles. The van der Waals surface area contributed by atoms with Crippen LogP contribution in [0.4, 0.5) is 11.4 Å². The van der Waals surface area contributed by atoms with E-state index in [1.54, 1.807) is 7.11 Å². The van der Waals surface area contributed by atoms with Crippen molar-refractivity contribution in [3.05, 3.63) is 53.1 Å². The zero-order valence-corrected chi connectivity index (χ0v) is 17.4. The average Bonchev–Trinajstić information content (AvgIpc) is 3.25. The van der Waals surface area contributed by atoms with Gasteiger partial charge in [-0.25, -0.2) is 4.99 Å². The van der Waals surface area contributed by atoms with Gasteiger partial charge in [0.2, 0.25) is 18.2 Å². The van der Waals surface area contributed by atoms with Crippen molar-refractivity contribution in [2.24, 2.45) is 15.7 Å². The predicted octanol–water partition coefficient (Wildman–Crippen LogP) is 3.64. The molecule has 0 amide bonds. The summed E-state index contributed by atoms with van der Waals surface area (Å²) in [4.78, 5) is 13.5. The van der Waals surface area contributed by atoms with Crippen molar-refractivity contribution >= 4 is 34.9 Å². The maximum atomic E-state index is 6.32. The minimum absolute atomic E-state index is 0.252. The van der Waals surface area contributed by atoms with Gasteiger partial charge in [-0.2, -0.15) is 4.99 Å². The lowest BCUT2D eigenvalue weighted by atomic mass is 10.2. The number of aryl methyl sites for hydroxylation is 1. The molecule has 7 nitrogen and oxygen atoms in total. The van der Waals surface area contributed by atoms with Gasteiger partial charge in [-0.1, -0.05) is 23.7 Å². The van der Waals surface area contributed by atoms with Crippen molar-refractivity contribution in [2.75, 3.05) is 30.4 Å². The summed E-state index contributed by atoms with van der Waals surface area (Å²) in [5, 5.41) is 4.14. The molecule has 0 saturated carbocycles. The zero-order chi connectivity index (χ0) is 20.4. The van der Waals surface area contributed by atoms with Crippen LogP contribution in [0.2, 0.25) is 5.02 Å². The van der Waals surface area contributed by atoms with Crippen LogP contribution in [0.3, 0.4) is 0 Å². The number of nitrogens with one attached hydrogen (secondary N) is 1. The highest BCUT2D eigenvalue weighted by molar-refractivity contribution is 6.31. The van der Waals surface area contributed by atoms with Crippen LogP contribution in [0.15, 0.2) is 52.4 Å². The van der Waals surface area contributed by atoms with Gasteiger partial charge in [-0.05, 0) is 49.6 Å². The van der Waals surface area contributed by atoms with Crippen LogP contribution in [0.1, 0.15) is 18.4 Å². The minimum Gasteiger partial charge on any atom is -0.497 e. The molecule has 2 aliphatic rings. The molecule has 2 aromatic carbocycles. The molecule has 8 heteroatoms. The molecule has 2 aliphatic heterocycles. The van der Waals surface area contributed by atoms with Crippen LogP contribution in [-0.2, 0) is 0 Å². The molecule has 0 aliphatic carbocycles. The van der Waals surface area contributed by atoms with Crippen molar-refractivity contribution in [2.45, 2.75) is 26.1 Å². The molecule has 0 bridgehead atoms. The van der Waals surface area contributed by atoms with E-state index in [1.165, 1.54) is 0 Å². The van der Waals surface area contributed by atoms with Crippen LogP contribution in [0.25, 0.3) is 0 Å². The monoisotopic (exact) mass is 412 g/mol. The van der Waals surface area contributed by atoms with Crippen molar-refractivity contribution in [1.29, 1.82) is 0 Å². The minimum atomic E-state index is -0.464. The third kappa shape index (κ3) is 4.10. The van der Waals surface area contributed by atoms with Gasteiger partial charge in [0.1, 0.15) is 5.75 Å². The normalized spacial score (nSPS) is 19.1. The van der Waals surface area contributed by atoms with Crippen LogP contribution in [-0.4, -0.2) is 43.3 Å². The quantitative estimate of drug-likeness (QED) is 0.801. The van der Waals surface area contributed by atoms with E-state index in [1.807, 2.05) is 49.4 Å². The van der Waals surface area contributed by atoms with E-state index < -0.39 is 6.29 Å². The Morgan fingerprint density at radius 1 is 1.17 bits per heavy atom. The number of nitrogens with two attached hydrogens (primary N) is 1. The SMILES string of the molecule is COc1cccc(N2C(N3CCCC3)=NC(N)=NC2Nc2ccc(C)c(Cl)c2)c1. The first kappa shape index (κ1) is 19.4. The molecule has 1 fully saturated rings. The molecule has 29 heavy (non-hydrogen) atoms. The highest BCUT2D eigenvalue weighted by Crippen LogP contribution is 2.29. The first-order valence-corrected chi connectivity index (χ1v) is 10.1. The number of aliphatic imine (C=N–C) groups is 2. The summed E-state index contributed by atoms with van der Waals surface area (Å²) in [7, 11) is 1.66. The van der Waals surface area contributed by atoms with E-state index in [-0.39, 0.29) is 5.96 Å². The summed E-state index contributed by atoms with van der Waals surface area (Å²) in [5.74, 6) is 1.81. The van der Waals surface area contributed by atoms with Crippen LogP contribution in [0, 0.1) is 6.92 Å². The van der Waals surface area contributed by atoms with Crippen molar-refractivity contribution in [3.63, 3.8) is 0 Å². The number of benzene rings is 2. The number of methoxy groups -OCH3 is 1. The summed E-state index contributed by atoms with van der Waals surface area (Å²) in [6, 6.07) is 13.7. The Hall–Kier alpha value is -2.93. The van der Waals surface area contributed by atoms with E-state index in [2.05, 4.69) is 25.1 Å². The van der Waals surface area contributed by atoms with Gasteiger partial charge < -0.3 is 20.7 Å².